The van der Waals surface area contributed by atoms with Crippen LogP contribution in [0.1, 0.15) is 0 Å². The van der Waals surface area contributed by atoms with Crippen molar-refractivity contribution in [1.29, 1.82) is 0 Å². The number of anilines is 8. The van der Waals surface area contributed by atoms with Gasteiger partial charge in [0.1, 0.15) is 0 Å². The van der Waals surface area contributed by atoms with E-state index in [9.17, 15) is 0 Å². The summed E-state index contributed by atoms with van der Waals surface area (Å²) in [5, 5.41) is 7.24. The molecule has 0 aromatic heterocycles. The largest absolute Gasteiger partial charge is 0.332 e. The van der Waals surface area contributed by atoms with Crippen molar-refractivity contribution in [1.82, 2.24) is 0 Å². The van der Waals surface area contributed by atoms with Gasteiger partial charge in [0, 0.05) is 42.3 Å². The maximum absolute atomic E-state index is 5.69. The van der Waals surface area contributed by atoms with Crippen LogP contribution in [0, 0.1) is 0 Å². The van der Waals surface area contributed by atoms with E-state index in [0.717, 1.165) is 22.7 Å². The second-order valence-corrected chi connectivity index (χ2v) is 13.0. The summed E-state index contributed by atoms with van der Waals surface area (Å²) in [6, 6.07) is 51.0. The Morgan fingerprint density at radius 1 is 0.409 bits per heavy atom. The van der Waals surface area contributed by atoms with Crippen molar-refractivity contribution >= 4 is 86.4 Å². The maximum atomic E-state index is 5.69. The molecule has 0 saturated heterocycles. The summed E-state index contributed by atoms with van der Waals surface area (Å²) in [6.45, 7) is 0. The molecule has 0 amide bonds. The number of rotatable bonds is 4. The van der Waals surface area contributed by atoms with Crippen LogP contribution in [0.4, 0.5) is 45.5 Å². The molecule has 4 nitrogen and oxygen atoms in total. The molecule has 0 fully saturated rings. The van der Waals surface area contributed by atoms with Gasteiger partial charge in [-0.25, -0.2) is 0 Å². The van der Waals surface area contributed by atoms with E-state index in [2.05, 4.69) is 166 Å². The molecule has 44 heavy (non-hydrogen) atoms. The highest BCUT2D eigenvalue weighted by molar-refractivity contribution is 8.00. The van der Waals surface area contributed by atoms with Crippen molar-refractivity contribution in [2.45, 2.75) is 19.6 Å². The first kappa shape index (κ1) is 26.9. The Bertz CT molecular complexity index is 1770. The zero-order valence-corrected chi connectivity index (χ0v) is 25.9. The van der Waals surface area contributed by atoms with Crippen molar-refractivity contribution in [3.05, 3.63) is 146 Å². The minimum atomic E-state index is 0.542. The van der Waals surface area contributed by atoms with Gasteiger partial charge in [0.05, 0.1) is 22.7 Å². The minimum Gasteiger partial charge on any atom is -0.332 e. The van der Waals surface area contributed by atoms with Crippen LogP contribution in [-0.4, -0.2) is 5.11 Å². The van der Waals surface area contributed by atoms with Crippen LogP contribution in [-0.2, 0) is 0 Å². The molecule has 2 N–H and O–H groups in total. The molecule has 0 bridgehead atoms. The monoisotopic (exact) mass is 622 g/mol. The lowest BCUT2D eigenvalue weighted by molar-refractivity contribution is 1.17. The third-order valence-corrected chi connectivity index (χ3v) is 10.1. The third-order valence-electron chi connectivity index (χ3n) is 7.63. The zero-order valence-electron chi connectivity index (χ0n) is 23.5. The number of fused-ring (bicyclic) bond motifs is 4. The second kappa shape index (κ2) is 11.4. The average molecular weight is 623 g/mol. The lowest BCUT2D eigenvalue weighted by Crippen LogP contribution is -2.19. The van der Waals surface area contributed by atoms with E-state index in [-0.39, 0.29) is 0 Å². The van der Waals surface area contributed by atoms with Crippen LogP contribution in [0.5, 0.6) is 0 Å². The van der Waals surface area contributed by atoms with Crippen LogP contribution in [0.25, 0.3) is 0 Å². The zero-order chi connectivity index (χ0) is 29.5. The van der Waals surface area contributed by atoms with E-state index in [1.165, 1.54) is 42.3 Å². The molecule has 6 aromatic rings. The summed E-state index contributed by atoms with van der Waals surface area (Å²) in [5.41, 5.74) is 8.81. The van der Waals surface area contributed by atoms with Crippen molar-refractivity contribution in [2.75, 3.05) is 20.4 Å². The molecule has 0 saturated carbocycles. The van der Waals surface area contributed by atoms with Gasteiger partial charge in [0.15, 0.2) is 5.11 Å². The van der Waals surface area contributed by atoms with Gasteiger partial charge in [-0.2, -0.15) is 0 Å². The number of hydrogen-bond acceptors (Lipinski definition) is 5. The van der Waals surface area contributed by atoms with Gasteiger partial charge in [-0.3, -0.25) is 0 Å². The fourth-order valence-electron chi connectivity index (χ4n) is 5.65. The first-order valence-corrected chi connectivity index (χ1v) is 16.4. The molecule has 2 aliphatic heterocycles. The highest BCUT2D eigenvalue weighted by Crippen LogP contribution is 2.52. The molecule has 2 aliphatic rings. The highest BCUT2D eigenvalue weighted by Gasteiger charge is 2.25. The molecule has 0 unspecified atom stereocenters. The molecule has 0 atom stereocenters. The van der Waals surface area contributed by atoms with Gasteiger partial charge in [-0.1, -0.05) is 72.1 Å². The van der Waals surface area contributed by atoms with Gasteiger partial charge < -0.3 is 20.4 Å². The topological polar surface area (TPSA) is 30.5 Å². The number of hydrogen-bond donors (Lipinski definition) is 2. The quantitative estimate of drug-likeness (QED) is 0.189. The molecule has 8 rings (SSSR count). The van der Waals surface area contributed by atoms with Gasteiger partial charge in [0.2, 0.25) is 0 Å². The van der Waals surface area contributed by atoms with Crippen LogP contribution in [0.15, 0.2) is 165 Å². The maximum Gasteiger partial charge on any atom is 0.175 e. The predicted octanol–water partition coefficient (Wildman–Crippen LogP) is 11.4. The van der Waals surface area contributed by atoms with Gasteiger partial charge in [-0.05, 0) is 109 Å². The average Bonchev–Trinajstić information content (AvgIpc) is 3.07. The summed E-state index contributed by atoms with van der Waals surface area (Å²) >= 11 is 9.32. The lowest BCUT2D eigenvalue weighted by atomic mass is 10.1. The van der Waals surface area contributed by atoms with Crippen LogP contribution >= 0.6 is 35.7 Å². The summed E-state index contributed by atoms with van der Waals surface area (Å²) in [7, 11) is 0. The molecular weight excluding hydrogens is 597 g/mol. The Kier molecular flexibility index (Phi) is 6.99. The molecule has 2 heterocycles. The molecule has 0 radical (unpaired) electrons. The van der Waals surface area contributed by atoms with E-state index < -0.39 is 0 Å². The van der Waals surface area contributed by atoms with Gasteiger partial charge >= 0.3 is 0 Å². The Labute approximate surface area is 270 Å². The first-order chi connectivity index (χ1) is 21.7. The number of thiocarbonyl (C=S) groups is 1. The summed E-state index contributed by atoms with van der Waals surface area (Å²) in [6.07, 6.45) is 0. The minimum absolute atomic E-state index is 0.542. The number of nitrogens with one attached hydrogen (secondary N) is 2. The predicted molar refractivity (Wildman–Crippen MR) is 190 cm³/mol. The SMILES string of the molecule is S=C(Nc1ccc(N2c3ccccc3Sc3ccccc32)cc1)Nc1ccc(N2c3ccccc3Sc3ccccc32)cc1. The number of para-hydroxylation sites is 4. The van der Waals surface area contributed by atoms with E-state index in [4.69, 9.17) is 12.2 Å². The fourth-order valence-corrected chi connectivity index (χ4v) is 8.00. The third kappa shape index (κ3) is 4.99. The molecule has 0 aliphatic carbocycles. The number of nitrogens with zero attached hydrogens (tertiary/aromatic N) is 2. The molecule has 7 heteroatoms. The standard InChI is InChI=1S/C37H26N4S3/c42-37(38-25-17-21-27(22-18-25)40-29-9-1-5-13-33(29)43-34-14-6-2-10-30(34)40)39-26-19-23-28(24-20-26)41-31-11-3-7-15-35(31)44-36-16-8-4-12-32(36)41/h1-24H,(H2,38,39,42). The van der Waals surface area contributed by atoms with Crippen molar-refractivity contribution < 1.29 is 0 Å². The first-order valence-electron chi connectivity index (χ1n) is 14.3. The van der Waals surface area contributed by atoms with Crippen LogP contribution in [0.3, 0.4) is 0 Å². The summed E-state index contributed by atoms with van der Waals surface area (Å²) in [5.74, 6) is 0. The summed E-state index contributed by atoms with van der Waals surface area (Å²) in [4.78, 5) is 9.63. The van der Waals surface area contributed by atoms with Gasteiger partial charge in [-0.15, -0.1) is 0 Å². The van der Waals surface area contributed by atoms with E-state index in [0.29, 0.717) is 5.11 Å². The highest BCUT2D eigenvalue weighted by atomic mass is 32.2. The fraction of sp³-hybridized carbons (Fsp3) is 0. The second-order valence-electron chi connectivity index (χ2n) is 10.4. The molecule has 212 valence electrons. The molecule has 6 aromatic carbocycles. The molecule has 0 spiro atoms. The van der Waals surface area contributed by atoms with Crippen LogP contribution < -0.4 is 20.4 Å². The Morgan fingerprint density at radius 3 is 1.02 bits per heavy atom. The Balaban J connectivity index is 0.985. The lowest BCUT2D eigenvalue weighted by Gasteiger charge is -2.33. The Hall–Kier alpha value is -4.69. The summed E-state index contributed by atoms with van der Waals surface area (Å²) < 4.78 is 0. The molecular formula is C37H26N4S3. The normalized spacial score (nSPS) is 12.8. The van der Waals surface area contributed by atoms with E-state index in [1.54, 1.807) is 0 Å². The van der Waals surface area contributed by atoms with Crippen molar-refractivity contribution in [3.63, 3.8) is 0 Å². The van der Waals surface area contributed by atoms with Crippen LogP contribution in [0.2, 0.25) is 0 Å². The Morgan fingerprint density at radius 2 is 0.705 bits per heavy atom. The smallest absolute Gasteiger partial charge is 0.175 e. The van der Waals surface area contributed by atoms with Crippen molar-refractivity contribution in [2.24, 2.45) is 0 Å². The number of benzene rings is 6. The van der Waals surface area contributed by atoms with E-state index >= 15 is 0 Å². The van der Waals surface area contributed by atoms with Gasteiger partial charge in [0.25, 0.3) is 0 Å². The van der Waals surface area contributed by atoms with E-state index in [1.807, 2.05) is 23.5 Å². The van der Waals surface area contributed by atoms with Crippen molar-refractivity contribution in [3.8, 4) is 0 Å².